The van der Waals surface area contributed by atoms with Crippen molar-refractivity contribution >= 4 is 35.6 Å². The van der Waals surface area contributed by atoms with Crippen LogP contribution in [0.15, 0.2) is 60.7 Å². The number of ether oxygens (including phenoxy) is 2. The van der Waals surface area contributed by atoms with E-state index in [1.165, 1.54) is 0 Å². The maximum atomic E-state index is 13.8. The van der Waals surface area contributed by atoms with Crippen LogP contribution >= 0.6 is 0 Å². The zero-order chi connectivity index (χ0) is 35.1. The zero-order valence-corrected chi connectivity index (χ0v) is 28.2. The summed E-state index contributed by atoms with van der Waals surface area (Å²) < 4.78 is 10.6. The molecule has 12 nitrogen and oxygen atoms in total. The van der Waals surface area contributed by atoms with Gasteiger partial charge in [0.2, 0.25) is 17.6 Å². The van der Waals surface area contributed by atoms with Gasteiger partial charge in [-0.25, -0.2) is 4.79 Å². The Bertz CT molecular complexity index is 1390. The Hall–Kier alpha value is -4.74. The summed E-state index contributed by atoms with van der Waals surface area (Å²) >= 11 is 0. The van der Waals surface area contributed by atoms with Crippen LogP contribution in [-0.4, -0.2) is 59.8 Å². The summed E-state index contributed by atoms with van der Waals surface area (Å²) in [6.45, 7) is 6.45. The number of carbonyl (C=O) groups excluding carboxylic acids is 6. The highest BCUT2D eigenvalue weighted by Crippen LogP contribution is 2.27. The second-order valence-electron chi connectivity index (χ2n) is 12.9. The second kappa shape index (κ2) is 18.6. The van der Waals surface area contributed by atoms with E-state index in [-0.39, 0.29) is 18.9 Å². The highest BCUT2D eigenvalue weighted by molar-refractivity contribution is 6.38. The number of benzene rings is 2. The molecule has 2 aromatic carbocycles. The van der Waals surface area contributed by atoms with Gasteiger partial charge in [0.1, 0.15) is 30.8 Å². The molecular weight excluding hydrogens is 616 g/mol. The van der Waals surface area contributed by atoms with E-state index in [1.807, 2.05) is 6.07 Å². The maximum Gasteiger partial charge on any atom is 0.408 e. The van der Waals surface area contributed by atoms with Crippen LogP contribution in [-0.2, 0) is 40.1 Å². The van der Waals surface area contributed by atoms with Gasteiger partial charge in [-0.1, -0.05) is 93.3 Å². The van der Waals surface area contributed by atoms with Crippen LogP contribution < -0.4 is 21.3 Å². The molecule has 4 N–H and O–H groups in total. The standard InChI is InChI=1S/C36H48N4O8/c1-5-15-27(31(42)34(45)37-22-28(41)47-23-24-16-9-6-10-17-24)38-32(43)29(25-18-11-7-12-19-25)39-33(44)30(26-20-13-8-14-21-26)40-35(46)48-36(2,3)4/h6-7,9-12,16-19,26-27,29-30H,5,8,13-15,20-23H2,1-4H3,(H,37,45)(H,38,43)(H,39,44)(H,40,46)/t27?,29-,30-/m0/s1. The van der Waals surface area contributed by atoms with Crippen LogP contribution in [0.4, 0.5) is 4.79 Å². The van der Waals surface area contributed by atoms with E-state index in [0.717, 1.165) is 37.7 Å². The number of rotatable bonds is 15. The first-order valence-electron chi connectivity index (χ1n) is 16.5. The first-order chi connectivity index (χ1) is 22.9. The van der Waals surface area contributed by atoms with E-state index in [2.05, 4.69) is 21.3 Å². The Kier molecular flexibility index (Phi) is 14.6. The third-order valence-electron chi connectivity index (χ3n) is 7.83. The first kappa shape index (κ1) is 37.7. The molecule has 12 heteroatoms. The molecule has 260 valence electrons. The number of esters is 1. The Morgan fingerprint density at radius 1 is 0.812 bits per heavy atom. The number of hydrogen-bond donors (Lipinski definition) is 4. The molecule has 0 radical (unpaired) electrons. The summed E-state index contributed by atoms with van der Waals surface area (Å²) in [4.78, 5) is 78.5. The number of carbonyl (C=O) groups is 6. The molecule has 0 saturated heterocycles. The summed E-state index contributed by atoms with van der Waals surface area (Å²) in [6.07, 6.45) is 4.13. The van der Waals surface area contributed by atoms with E-state index in [9.17, 15) is 28.8 Å². The predicted octanol–water partition coefficient (Wildman–Crippen LogP) is 4.03. The van der Waals surface area contributed by atoms with Gasteiger partial charge in [0.15, 0.2) is 0 Å². The van der Waals surface area contributed by atoms with E-state index < -0.39 is 65.8 Å². The fourth-order valence-corrected chi connectivity index (χ4v) is 5.48. The molecular formula is C36H48N4O8. The van der Waals surface area contributed by atoms with Gasteiger partial charge in [0, 0.05) is 0 Å². The fourth-order valence-electron chi connectivity index (χ4n) is 5.48. The van der Waals surface area contributed by atoms with Crippen molar-refractivity contribution in [2.24, 2.45) is 5.92 Å². The Morgan fingerprint density at radius 3 is 2.04 bits per heavy atom. The highest BCUT2D eigenvalue weighted by Gasteiger charge is 2.36. The van der Waals surface area contributed by atoms with Gasteiger partial charge in [0.05, 0.1) is 6.04 Å². The molecule has 3 rings (SSSR count). The number of amides is 4. The lowest BCUT2D eigenvalue weighted by Gasteiger charge is -2.32. The van der Waals surface area contributed by atoms with Crippen molar-refractivity contribution in [1.82, 2.24) is 21.3 Å². The van der Waals surface area contributed by atoms with Crippen LogP contribution in [0, 0.1) is 5.92 Å². The SMILES string of the molecule is CCCC(NC(=O)[C@@H](NC(=O)[C@@H](NC(=O)OC(C)(C)C)C1CCCCC1)c1ccccc1)C(=O)C(=O)NCC(=O)OCc1ccccc1. The van der Waals surface area contributed by atoms with E-state index in [1.54, 1.807) is 82.3 Å². The van der Waals surface area contributed by atoms with Crippen LogP contribution in [0.2, 0.25) is 0 Å². The summed E-state index contributed by atoms with van der Waals surface area (Å²) in [5.74, 6) is -4.16. The molecule has 1 unspecified atom stereocenters. The third kappa shape index (κ3) is 12.5. The van der Waals surface area contributed by atoms with Crippen LogP contribution in [0.3, 0.4) is 0 Å². The maximum absolute atomic E-state index is 13.8. The summed E-state index contributed by atoms with van der Waals surface area (Å²) in [5.41, 5.74) is 0.431. The summed E-state index contributed by atoms with van der Waals surface area (Å²) in [6, 6.07) is 14.1. The van der Waals surface area contributed by atoms with Crippen molar-refractivity contribution < 1.29 is 38.2 Å². The predicted molar refractivity (Wildman–Crippen MR) is 178 cm³/mol. The van der Waals surface area contributed by atoms with Crippen molar-refractivity contribution in [3.8, 4) is 0 Å². The number of alkyl carbamates (subject to hydrolysis) is 1. The second-order valence-corrected chi connectivity index (χ2v) is 12.9. The van der Waals surface area contributed by atoms with Crippen molar-refractivity contribution in [1.29, 1.82) is 0 Å². The summed E-state index contributed by atoms with van der Waals surface area (Å²) in [5, 5.41) is 10.4. The molecule has 2 aromatic rings. The molecule has 0 spiro atoms. The monoisotopic (exact) mass is 664 g/mol. The zero-order valence-electron chi connectivity index (χ0n) is 28.2. The Morgan fingerprint density at radius 2 is 1.44 bits per heavy atom. The lowest BCUT2D eigenvalue weighted by Crippen LogP contribution is -2.56. The Balaban J connectivity index is 1.71. The lowest BCUT2D eigenvalue weighted by atomic mass is 9.83. The lowest BCUT2D eigenvalue weighted by molar-refractivity contribution is -0.146. The first-order valence-corrected chi connectivity index (χ1v) is 16.5. The molecule has 1 saturated carbocycles. The molecule has 4 amide bonds. The summed E-state index contributed by atoms with van der Waals surface area (Å²) in [7, 11) is 0. The minimum absolute atomic E-state index is 0.0134. The minimum Gasteiger partial charge on any atom is -0.460 e. The smallest absolute Gasteiger partial charge is 0.408 e. The van der Waals surface area contributed by atoms with Crippen molar-refractivity contribution in [2.75, 3.05) is 6.54 Å². The molecule has 0 aliphatic heterocycles. The average molecular weight is 665 g/mol. The topological polar surface area (TPSA) is 169 Å². The molecule has 3 atom stereocenters. The Labute approximate surface area is 282 Å². The average Bonchev–Trinajstić information content (AvgIpc) is 3.07. The van der Waals surface area contributed by atoms with Crippen LogP contribution in [0.25, 0.3) is 0 Å². The molecule has 1 fully saturated rings. The molecule has 1 aliphatic rings. The number of Topliss-reactive ketones (excluding diaryl/α,β-unsaturated/α-hetero) is 1. The van der Waals surface area contributed by atoms with Gasteiger partial charge >= 0.3 is 12.1 Å². The van der Waals surface area contributed by atoms with Crippen LogP contribution in [0.5, 0.6) is 0 Å². The van der Waals surface area contributed by atoms with E-state index in [0.29, 0.717) is 12.0 Å². The van der Waals surface area contributed by atoms with Gasteiger partial charge in [-0.15, -0.1) is 0 Å². The molecule has 0 aromatic heterocycles. The number of hydrogen-bond acceptors (Lipinski definition) is 8. The normalized spacial score (nSPS) is 15.2. The highest BCUT2D eigenvalue weighted by atomic mass is 16.6. The quantitative estimate of drug-likeness (QED) is 0.163. The van der Waals surface area contributed by atoms with E-state index in [4.69, 9.17) is 9.47 Å². The number of ketones is 1. The van der Waals surface area contributed by atoms with E-state index >= 15 is 0 Å². The molecule has 48 heavy (non-hydrogen) atoms. The molecule has 0 heterocycles. The number of nitrogens with one attached hydrogen (secondary N) is 4. The fraction of sp³-hybridized carbons (Fsp3) is 0.500. The van der Waals surface area contributed by atoms with Crippen molar-refractivity contribution in [3.05, 3.63) is 71.8 Å². The third-order valence-corrected chi connectivity index (χ3v) is 7.83. The van der Waals surface area contributed by atoms with Gasteiger partial charge in [0.25, 0.3) is 5.91 Å². The van der Waals surface area contributed by atoms with Gasteiger partial charge in [-0.3, -0.25) is 24.0 Å². The van der Waals surface area contributed by atoms with Gasteiger partial charge in [-0.05, 0) is 57.1 Å². The van der Waals surface area contributed by atoms with Crippen molar-refractivity contribution in [2.45, 2.75) is 103 Å². The largest absolute Gasteiger partial charge is 0.460 e. The molecule has 0 bridgehead atoms. The molecule has 1 aliphatic carbocycles. The van der Waals surface area contributed by atoms with Gasteiger partial charge < -0.3 is 30.7 Å². The van der Waals surface area contributed by atoms with Gasteiger partial charge in [-0.2, -0.15) is 0 Å². The minimum atomic E-state index is -1.24. The van der Waals surface area contributed by atoms with Crippen molar-refractivity contribution in [3.63, 3.8) is 0 Å². The van der Waals surface area contributed by atoms with Crippen LogP contribution in [0.1, 0.15) is 89.8 Å².